The first-order valence-electron chi connectivity index (χ1n) is 4.49. The van der Waals surface area contributed by atoms with Crippen LogP contribution in [0.15, 0.2) is 14.1 Å². The number of nitrogens with one attached hydrogen (secondary N) is 1. The number of hydrogen-bond acceptors (Lipinski definition) is 4. The fraction of sp³-hybridized carbons (Fsp3) is 0.375. The zero-order chi connectivity index (χ0) is 11.9. The lowest BCUT2D eigenvalue weighted by Crippen LogP contribution is -2.33. The van der Waals surface area contributed by atoms with Crippen LogP contribution < -0.4 is 5.32 Å². The summed E-state index contributed by atoms with van der Waals surface area (Å²) in [6, 6.07) is 1.01. The summed E-state index contributed by atoms with van der Waals surface area (Å²) in [4.78, 5) is 11.3. The third kappa shape index (κ3) is 1.85. The Labute approximate surface area is 106 Å². The third-order valence-electron chi connectivity index (χ3n) is 2.20. The molecule has 0 bridgehead atoms. The number of amides is 2. The molecule has 1 aliphatic heterocycles. The molecule has 0 aliphatic carbocycles. The summed E-state index contributed by atoms with van der Waals surface area (Å²) in [5.41, 5.74) is 0.850. The van der Waals surface area contributed by atoms with Crippen LogP contribution in [0.1, 0.15) is 5.56 Å². The Bertz CT molecular complexity index is 518. The minimum Gasteiger partial charge on any atom is -0.335 e. The lowest BCUT2D eigenvalue weighted by molar-refractivity contribution is 0.236. The molecule has 2 heterocycles. The largest absolute Gasteiger partial charge is 0.335 e. The number of hydrogen-bond donors (Lipinski definition) is 1. The number of sulfonamides is 1. The Morgan fingerprint density at radius 2 is 2.25 bits per heavy atom. The van der Waals surface area contributed by atoms with Crippen molar-refractivity contribution in [1.82, 2.24) is 9.62 Å². The molecular weight excluding hydrogens is 316 g/mol. The van der Waals surface area contributed by atoms with Gasteiger partial charge in [-0.05, 0) is 34.5 Å². The quantitative estimate of drug-likeness (QED) is 0.897. The van der Waals surface area contributed by atoms with Gasteiger partial charge in [0.05, 0.1) is 10.3 Å². The molecule has 1 aromatic rings. The van der Waals surface area contributed by atoms with Gasteiger partial charge >= 0.3 is 6.03 Å². The van der Waals surface area contributed by atoms with Gasteiger partial charge in [0.15, 0.2) is 0 Å². The molecule has 2 amide bonds. The van der Waals surface area contributed by atoms with E-state index in [2.05, 4.69) is 21.2 Å². The van der Waals surface area contributed by atoms with Crippen molar-refractivity contribution in [3.63, 3.8) is 0 Å². The van der Waals surface area contributed by atoms with E-state index in [1.807, 2.05) is 6.92 Å². The van der Waals surface area contributed by atoms with E-state index >= 15 is 0 Å². The van der Waals surface area contributed by atoms with Crippen LogP contribution in [0.2, 0.25) is 0 Å². The minimum atomic E-state index is -3.68. The van der Waals surface area contributed by atoms with Crippen LogP contribution in [0.3, 0.4) is 0 Å². The van der Waals surface area contributed by atoms with E-state index in [-0.39, 0.29) is 10.8 Å². The molecule has 16 heavy (non-hydrogen) atoms. The van der Waals surface area contributed by atoms with Crippen LogP contribution in [-0.2, 0) is 10.0 Å². The lowest BCUT2D eigenvalue weighted by atomic mass is 10.4. The Morgan fingerprint density at radius 1 is 1.56 bits per heavy atom. The molecule has 1 aliphatic rings. The standard InChI is InChI=1S/C8H9BrN2O3S2/c1-5-4-6(15-7(5)9)16(13,14)11-3-2-10-8(11)12/h4H,2-3H2,1H3,(H,10,12). The van der Waals surface area contributed by atoms with Gasteiger partial charge in [-0.3, -0.25) is 0 Å². The highest BCUT2D eigenvalue weighted by atomic mass is 79.9. The predicted octanol–water partition coefficient (Wildman–Crippen LogP) is 1.53. The van der Waals surface area contributed by atoms with Gasteiger partial charge in [-0.2, -0.15) is 0 Å². The number of rotatable bonds is 2. The second kappa shape index (κ2) is 4.01. The van der Waals surface area contributed by atoms with Crippen LogP contribution in [-0.4, -0.2) is 31.8 Å². The molecule has 1 aromatic heterocycles. The molecule has 0 saturated carbocycles. The normalized spacial score (nSPS) is 16.6. The van der Waals surface area contributed by atoms with Gasteiger partial charge in [-0.25, -0.2) is 17.5 Å². The van der Waals surface area contributed by atoms with Gasteiger partial charge in [0, 0.05) is 6.54 Å². The maximum Gasteiger partial charge on any atom is 0.331 e. The molecule has 2 rings (SSSR count). The number of urea groups is 1. The molecule has 88 valence electrons. The highest BCUT2D eigenvalue weighted by Gasteiger charge is 2.34. The first-order valence-corrected chi connectivity index (χ1v) is 7.54. The highest BCUT2D eigenvalue weighted by Crippen LogP contribution is 2.32. The maximum absolute atomic E-state index is 12.1. The van der Waals surface area contributed by atoms with Crippen LogP contribution in [0.5, 0.6) is 0 Å². The van der Waals surface area contributed by atoms with E-state index in [4.69, 9.17) is 0 Å². The fourth-order valence-electron chi connectivity index (χ4n) is 1.35. The smallest absolute Gasteiger partial charge is 0.331 e. The zero-order valence-corrected chi connectivity index (χ0v) is 11.6. The second-order valence-corrected chi connectivity index (χ2v) is 7.79. The number of carbonyl (C=O) groups is 1. The van der Waals surface area contributed by atoms with Crippen molar-refractivity contribution in [2.75, 3.05) is 13.1 Å². The van der Waals surface area contributed by atoms with Crippen molar-refractivity contribution in [2.24, 2.45) is 0 Å². The van der Waals surface area contributed by atoms with Crippen molar-refractivity contribution in [1.29, 1.82) is 0 Å². The molecule has 8 heteroatoms. The average molecular weight is 325 g/mol. The van der Waals surface area contributed by atoms with Gasteiger partial charge in [0.25, 0.3) is 10.0 Å². The molecule has 1 fully saturated rings. The van der Waals surface area contributed by atoms with Crippen LogP contribution in [0, 0.1) is 6.92 Å². The van der Waals surface area contributed by atoms with Crippen molar-refractivity contribution in [3.8, 4) is 0 Å². The highest BCUT2D eigenvalue weighted by molar-refractivity contribution is 9.11. The second-order valence-electron chi connectivity index (χ2n) is 3.33. The molecule has 5 nitrogen and oxygen atoms in total. The van der Waals surface area contributed by atoms with Gasteiger partial charge < -0.3 is 5.32 Å². The summed E-state index contributed by atoms with van der Waals surface area (Å²) in [5.74, 6) is 0. The Morgan fingerprint density at radius 3 is 2.69 bits per heavy atom. The molecule has 1 saturated heterocycles. The lowest BCUT2D eigenvalue weighted by Gasteiger charge is -2.12. The van der Waals surface area contributed by atoms with Gasteiger partial charge in [0.1, 0.15) is 4.21 Å². The minimum absolute atomic E-state index is 0.189. The topological polar surface area (TPSA) is 66.5 Å². The van der Waals surface area contributed by atoms with Gasteiger partial charge in [0.2, 0.25) is 0 Å². The summed E-state index contributed by atoms with van der Waals surface area (Å²) < 4.78 is 26.0. The molecule has 0 atom stereocenters. The van der Waals surface area contributed by atoms with E-state index in [1.54, 1.807) is 6.07 Å². The molecule has 0 radical (unpaired) electrons. The SMILES string of the molecule is Cc1cc(S(=O)(=O)N2CCNC2=O)sc1Br. The van der Waals surface area contributed by atoms with Crippen molar-refractivity contribution < 1.29 is 13.2 Å². The van der Waals surface area contributed by atoms with E-state index in [9.17, 15) is 13.2 Å². The van der Waals surface area contributed by atoms with Crippen LogP contribution in [0.4, 0.5) is 4.79 Å². The molecule has 0 unspecified atom stereocenters. The number of nitrogens with zero attached hydrogens (tertiary/aromatic N) is 1. The van der Waals surface area contributed by atoms with Gasteiger partial charge in [-0.1, -0.05) is 0 Å². The summed E-state index contributed by atoms with van der Waals surface area (Å²) in [7, 11) is -3.68. The Kier molecular flexibility index (Phi) is 2.97. The summed E-state index contributed by atoms with van der Waals surface area (Å²) in [6.07, 6.45) is 0. The molecular formula is C8H9BrN2O3S2. The first kappa shape index (κ1) is 11.9. The van der Waals surface area contributed by atoms with Crippen LogP contribution in [0.25, 0.3) is 0 Å². The number of aryl methyl sites for hydroxylation is 1. The van der Waals surface area contributed by atoms with Crippen molar-refractivity contribution in [3.05, 3.63) is 15.4 Å². The summed E-state index contributed by atoms with van der Waals surface area (Å²) in [5, 5.41) is 2.47. The average Bonchev–Trinajstić information content (AvgIpc) is 2.75. The van der Waals surface area contributed by atoms with E-state index < -0.39 is 16.1 Å². The van der Waals surface area contributed by atoms with E-state index in [1.165, 1.54) is 0 Å². The summed E-state index contributed by atoms with van der Waals surface area (Å²) in [6.45, 7) is 2.36. The monoisotopic (exact) mass is 324 g/mol. The molecule has 0 aromatic carbocycles. The van der Waals surface area contributed by atoms with Crippen molar-refractivity contribution >= 4 is 43.3 Å². The predicted molar refractivity (Wildman–Crippen MR) is 64.0 cm³/mol. The third-order valence-corrected chi connectivity index (χ3v) is 6.56. The van der Waals surface area contributed by atoms with E-state index in [0.29, 0.717) is 6.54 Å². The number of thiophene rings is 1. The Balaban J connectivity index is 2.42. The van der Waals surface area contributed by atoms with E-state index in [0.717, 1.165) is 25.0 Å². The first-order chi connectivity index (χ1) is 7.43. The summed E-state index contributed by atoms with van der Waals surface area (Å²) >= 11 is 4.38. The number of halogens is 1. The maximum atomic E-state index is 12.1. The fourth-order valence-corrected chi connectivity index (χ4v) is 5.04. The Hall–Kier alpha value is -0.600. The molecule has 1 N–H and O–H groups in total. The number of carbonyl (C=O) groups excluding carboxylic acids is 1. The molecule has 0 spiro atoms. The van der Waals surface area contributed by atoms with Crippen LogP contribution >= 0.6 is 27.3 Å². The zero-order valence-electron chi connectivity index (χ0n) is 8.36. The van der Waals surface area contributed by atoms with Crippen molar-refractivity contribution in [2.45, 2.75) is 11.1 Å². The van der Waals surface area contributed by atoms with Gasteiger partial charge in [-0.15, -0.1) is 11.3 Å².